The van der Waals surface area contributed by atoms with E-state index in [0.29, 0.717) is 25.3 Å². The Balaban J connectivity index is 1.70. The smallest absolute Gasteiger partial charge is 0.289 e. The summed E-state index contributed by atoms with van der Waals surface area (Å²) in [5.74, 6) is 0.127. The Kier molecular flexibility index (Phi) is 4.73. The van der Waals surface area contributed by atoms with Crippen molar-refractivity contribution in [1.29, 1.82) is 0 Å². The lowest BCUT2D eigenvalue weighted by atomic mass is 10.1. The summed E-state index contributed by atoms with van der Waals surface area (Å²) in [6.45, 7) is 2.75. The molecule has 7 heteroatoms. The lowest BCUT2D eigenvalue weighted by Crippen LogP contribution is -2.49. The summed E-state index contributed by atoms with van der Waals surface area (Å²) in [7, 11) is -3.58. The lowest BCUT2D eigenvalue weighted by molar-refractivity contribution is 0.0670. The summed E-state index contributed by atoms with van der Waals surface area (Å²) in [5, 5.41) is 0. The maximum Gasteiger partial charge on any atom is 0.289 e. The number of nitrogens with one attached hydrogen (secondary N) is 1. The molecule has 0 radical (unpaired) electrons. The van der Waals surface area contributed by atoms with Gasteiger partial charge in [-0.05, 0) is 38.0 Å². The predicted molar refractivity (Wildman–Crippen MR) is 89.1 cm³/mol. The van der Waals surface area contributed by atoms with E-state index in [1.54, 1.807) is 41.3 Å². The van der Waals surface area contributed by atoms with Gasteiger partial charge in [0.2, 0.25) is 10.0 Å². The molecule has 6 nitrogen and oxygen atoms in total. The highest BCUT2D eigenvalue weighted by molar-refractivity contribution is 7.89. The first-order valence-corrected chi connectivity index (χ1v) is 9.36. The molecule has 1 fully saturated rings. The largest absolute Gasteiger partial charge is 0.459 e. The quantitative estimate of drug-likeness (QED) is 0.918. The molecule has 24 heavy (non-hydrogen) atoms. The number of rotatable bonds is 4. The maximum atomic E-state index is 12.5. The van der Waals surface area contributed by atoms with E-state index < -0.39 is 10.0 Å². The van der Waals surface area contributed by atoms with Crippen LogP contribution in [0.3, 0.4) is 0 Å². The Labute approximate surface area is 141 Å². The second-order valence-electron chi connectivity index (χ2n) is 5.96. The average molecular weight is 348 g/mol. The Morgan fingerprint density at radius 1 is 1.25 bits per heavy atom. The summed E-state index contributed by atoms with van der Waals surface area (Å²) in [6, 6.07) is 9.69. The van der Waals surface area contributed by atoms with Gasteiger partial charge < -0.3 is 9.32 Å². The van der Waals surface area contributed by atoms with Crippen LogP contribution in [0.1, 0.15) is 29.0 Å². The van der Waals surface area contributed by atoms with Gasteiger partial charge in [-0.25, -0.2) is 13.1 Å². The van der Waals surface area contributed by atoms with Gasteiger partial charge in [0.25, 0.3) is 5.91 Å². The van der Waals surface area contributed by atoms with Crippen LogP contribution in [0, 0.1) is 6.92 Å². The number of hydrogen-bond donors (Lipinski definition) is 1. The highest BCUT2D eigenvalue weighted by atomic mass is 32.2. The van der Waals surface area contributed by atoms with E-state index in [-0.39, 0.29) is 16.8 Å². The molecule has 1 aromatic heterocycles. The third kappa shape index (κ3) is 3.52. The standard InChI is InChI=1S/C17H20N2O4S/c1-13-9-11-23-16(13)17(20)19-10-5-6-14(12-19)18-24(21,22)15-7-3-2-4-8-15/h2-4,7-9,11,14,18H,5-6,10,12H2,1H3/t14-/m1/s1. The predicted octanol–water partition coefficient (Wildman–Crippen LogP) is 2.17. The van der Waals surface area contributed by atoms with Gasteiger partial charge in [-0.3, -0.25) is 4.79 Å². The highest BCUT2D eigenvalue weighted by Gasteiger charge is 2.29. The summed E-state index contributed by atoms with van der Waals surface area (Å²) in [4.78, 5) is 14.4. The SMILES string of the molecule is Cc1ccoc1C(=O)N1CCC[C@@H](NS(=O)(=O)c2ccccc2)C1. The number of hydrogen-bond acceptors (Lipinski definition) is 4. The molecular formula is C17H20N2O4S. The summed E-state index contributed by atoms with van der Waals surface area (Å²) in [6.07, 6.45) is 2.93. The molecule has 1 atom stereocenters. The van der Waals surface area contributed by atoms with Gasteiger partial charge in [0, 0.05) is 24.7 Å². The van der Waals surface area contributed by atoms with Crippen molar-refractivity contribution in [3.8, 4) is 0 Å². The van der Waals surface area contributed by atoms with Crippen molar-refractivity contribution < 1.29 is 17.6 Å². The highest BCUT2D eigenvalue weighted by Crippen LogP contribution is 2.18. The summed E-state index contributed by atoms with van der Waals surface area (Å²) >= 11 is 0. The van der Waals surface area contributed by atoms with Crippen molar-refractivity contribution in [2.24, 2.45) is 0 Å². The van der Waals surface area contributed by atoms with Crippen molar-refractivity contribution in [3.63, 3.8) is 0 Å². The third-order valence-electron chi connectivity index (χ3n) is 4.14. The van der Waals surface area contributed by atoms with Gasteiger partial charge in [0.1, 0.15) is 0 Å². The third-order valence-corrected chi connectivity index (χ3v) is 5.68. The number of furan rings is 1. The van der Waals surface area contributed by atoms with Crippen molar-refractivity contribution >= 4 is 15.9 Å². The number of nitrogens with zero attached hydrogens (tertiary/aromatic N) is 1. The van der Waals surface area contributed by atoms with Crippen LogP contribution in [0.5, 0.6) is 0 Å². The van der Waals surface area contributed by atoms with E-state index in [9.17, 15) is 13.2 Å². The normalized spacial score (nSPS) is 18.5. The van der Waals surface area contributed by atoms with Crippen LogP contribution in [0.15, 0.2) is 52.0 Å². The Bertz CT molecular complexity index is 814. The van der Waals surface area contributed by atoms with Gasteiger partial charge in [0.05, 0.1) is 11.2 Å². The van der Waals surface area contributed by atoms with Crippen molar-refractivity contribution in [3.05, 3.63) is 54.0 Å². The van der Waals surface area contributed by atoms with Gasteiger partial charge >= 0.3 is 0 Å². The minimum atomic E-state index is -3.58. The van der Waals surface area contributed by atoms with Gasteiger partial charge in [-0.15, -0.1) is 0 Å². The number of likely N-dealkylation sites (tertiary alicyclic amines) is 1. The zero-order chi connectivity index (χ0) is 17.2. The fraction of sp³-hybridized carbons (Fsp3) is 0.353. The fourth-order valence-corrected chi connectivity index (χ4v) is 4.16. The van der Waals surface area contributed by atoms with E-state index in [4.69, 9.17) is 4.42 Å². The zero-order valence-corrected chi connectivity index (χ0v) is 14.3. The summed E-state index contributed by atoms with van der Waals surface area (Å²) < 4.78 is 32.8. The fourth-order valence-electron chi connectivity index (χ4n) is 2.88. The molecule has 0 aliphatic carbocycles. The molecule has 0 saturated carbocycles. The Hall–Kier alpha value is -2.12. The van der Waals surface area contributed by atoms with E-state index in [1.807, 2.05) is 6.92 Å². The van der Waals surface area contributed by atoms with Gasteiger partial charge in [0.15, 0.2) is 5.76 Å². The van der Waals surface area contributed by atoms with Crippen LogP contribution < -0.4 is 4.72 Å². The number of sulfonamides is 1. The van der Waals surface area contributed by atoms with Crippen LogP contribution in [0.25, 0.3) is 0 Å². The second kappa shape index (κ2) is 6.78. The van der Waals surface area contributed by atoms with Crippen LogP contribution >= 0.6 is 0 Å². The number of benzene rings is 1. The second-order valence-corrected chi connectivity index (χ2v) is 7.67. The first kappa shape index (κ1) is 16.7. The van der Waals surface area contributed by atoms with Gasteiger partial charge in [-0.2, -0.15) is 0 Å². The van der Waals surface area contributed by atoms with Crippen molar-refractivity contribution in [1.82, 2.24) is 9.62 Å². The Morgan fingerprint density at radius 2 is 2.00 bits per heavy atom. The first-order valence-electron chi connectivity index (χ1n) is 7.88. The molecule has 1 saturated heterocycles. The molecule has 1 N–H and O–H groups in total. The minimum Gasteiger partial charge on any atom is -0.459 e. The molecule has 128 valence electrons. The van der Waals surface area contributed by atoms with E-state index >= 15 is 0 Å². The molecule has 0 unspecified atom stereocenters. The molecule has 0 bridgehead atoms. The molecule has 1 amide bonds. The molecule has 2 aromatic rings. The molecule has 1 aliphatic rings. The molecule has 3 rings (SSSR count). The van der Waals surface area contributed by atoms with Crippen LogP contribution in [-0.2, 0) is 10.0 Å². The number of carbonyl (C=O) groups excluding carboxylic acids is 1. The molecule has 0 spiro atoms. The van der Waals surface area contributed by atoms with E-state index in [2.05, 4.69) is 4.72 Å². The molecule has 1 aliphatic heterocycles. The Morgan fingerprint density at radius 3 is 2.67 bits per heavy atom. The lowest BCUT2D eigenvalue weighted by Gasteiger charge is -2.32. The topological polar surface area (TPSA) is 79.6 Å². The number of aryl methyl sites for hydroxylation is 1. The minimum absolute atomic E-state index is 0.193. The van der Waals surface area contributed by atoms with Gasteiger partial charge in [-0.1, -0.05) is 18.2 Å². The number of amides is 1. The van der Waals surface area contributed by atoms with Crippen molar-refractivity contribution in [2.45, 2.75) is 30.7 Å². The molecule has 2 heterocycles. The first-order chi connectivity index (χ1) is 11.5. The van der Waals surface area contributed by atoms with Crippen LogP contribution in [0.4, 0.5) is 0 Å². The summed E-state index contributed by atoms with van der Waals surface area (Å²) in [5.41, 5.74) is 0.784. The van der Waals surface area contributed by atoms with E-state index in [1.165, 1.54) is 6.26 Å². The monoisotopic (exact) mass is 348 g/mol. The maximum absolute atomic E-state index is 12.5. The number of piperidine rings is 1. The number of carbonyl (C=O) groups is 1. The van der Waals surface area contributed by atoms with Crippen LogP contribution in [-0.4, -0.2) is 38.4 Å². The van der Waals surface area contributed by atoms with E-state index in [0.717, 1.165) is 12.0 Å². The average Bonchev–Trinajstić information content (AvgIpc) is 3.01. The molecule has 1 aromatic carbocycles. The zero-order valence-electron chi connectivity index (χ0n) is 13.4. The van der Waals surface area contributed by atoms with Crippen LogP contribution in [0.2, 0.25) is 0 Å². The molecular weight excluding hydrogens is 328 g/mol. The van der Waals surface area contributed by atoms with Crippen molar-refractivity contribution in [2.75, 3.05) is 13.1 Å².